The van der Waals surface area contributed by atoms with Crippen molar-refractivity contribution in [2.45, 2.75) is 75.8 Å². The first kappa shape index (κ1) is 41.5. The number of hydrogen-bond donors (Lipinski definition) is 2. The van der Waals surface area contributed by atoms with Crippen molar-refractivity contribution in [2.75, 3.05) is 26.8 Å². The fourth-order valence-electron chi connectivity index (χ4n) is 6.86. The van der Waals surface area contributed by atoms with Gasteiger partial charge in [0.2, 0.25) is 0 Å². The maximum atomic E-state index is 12.8. The van der Waals surface area contributed by atoms with Crippen molar-refractivity contribution < 1.29 is 64.6 Å². The summed E-state index contributed by atoms with van der Waals surface area (Å²) in [6.07, 6.45) is -9.85. The monoisotopic (exact) mass is 771 g/mol. The van der Waals surface area contributed by atoms with Gasteiger partial charge in [-0.25, -0.2) is 9.59 Å². The molecule has 18 heteroatoms. The van der Waals surface area contributed by atoms with Gasteiger partial charge in [0.05, 0.1) is 36.4 Å². The van der Waals surface area contributed by atoms with Crippen LogP contribution in [0.1, 0.15) is 85.9 Å². The van der Waals surface area contributed by atoms with Crippen molar-refractivity contribution in [3.8, 4) is 0 Å². The van der Waals surface area contributed by atoms with Crippen LogP contribution in [0.4, 0.5) is 35.9 Å². The number of hydrogen-bond acceptors (Lipinski definition) is 8. The molecule has 2 aromatic carbocycles. The van der Waals surface area contributed by atoms with Crippen molar-refractivity contribution in [1.82, 2.24) is 15.0 Å². The number of aromatic nitrogens is 1. The molecule has 0 unspecified atom stereocenters. The number of ether oxygens (including phenoxy) is 2. The molecule has 54 heavy (non-hydrogen) atoms. The van der Waals surface area contributed by atoms with E-state index in [0.717, 1.165) is 29.2 Å². The molecule has 3 heterocycles. The average molecular weight is 772 g/mol. The number of benzene rings is 2. The number of nitrogens with one attached hydrogen (secondary N) is 1. The highest BCUT2D eigenvalue weighted by molar-refractivity contribution is 5.97. The first-order chi connectivity index (χ1) is 25.3. The summed E-state index contributed by atoms with van der Waals surface area (Å²) in [5.74, 6) is -1.27. The van der Waals surface area contributed by atoms with Crippen molar-refractivity contribution in [2.24, 2.45) is 5.92 Å². The number of carbonyl (C=O) groups is 4. The van der Waals surface area contributed by atoms with Crippen molar-refractivity contribution in [3.05, 3.63) is 93.0 Å². The smallest absolute Gasteiger partial charge is 0.416 e. The fourth-order valence-corrected chi connectivity index (χ4v) is 6.86. The third-order valence-electron chi connectivity index (χ3n) is 9.66. The van der Waals surface area contributed by atoms with Crippen LogP contribution < -0.4 is 5.56 Å². The zero-order valence-corrected chi connectivity index (χ0v) is 29.5. The number of alkyl halides is 6. The molecule has 2 amide bonds. The van der Waals surface area contributed by atoms with Crippen LogP contribution in [0.15, 0.2) is 63.9 Å². The number of carboxylic acid groups (broad SMARTS) is 1. The number of esters is 1. The van der Waals surface area contributed by atoms with Crippen LogP contribution in [-0.4, -0.2) is 70.8 Å². The second kappa shape index (κ2) is 16.8. The summed E-state index contributed by atoms with van der Waals surface area (Å²) in [5, 5.41) is 11.8. The maximum Gasteiger partial charge on any atom is 0.416 e. The molecule has 12 nitrogen and oxygen atoms in total. The topological polar surface area (TPSA) is 159 Å². The van der Waals surface area contributed by atoms with E-state index in [9.17, 15) is 55.4 Å². The number of aromatic amines is 1. The van der Waals surface area contributed by atoms with E-state index >= 15 is 0 Å². The molecular weight excluding hydrogens is 732 g/mol. The van der Waals surface area contributed by atoms with Gasteiger partial charge in [0.1, 0.15) is 18.0 Å². The Bertz CT molecular complexity index is 1840. The number of amides is 2. The molecule has 2 aliphatic rings. The number of likely N-dealkylation sites (tertiary alicyclic amines) is 2. The molecule has 4 atom stereocenters. The highest BCUT2D eigenvalue weighted by Gasteiger charge is 2.45. The Morgan fingerprint density at radius 2 is 1.54 bits per heavy atom. The predicted octanol–water partition coefficient (Wildman–Crippen LogP) is 7.51. The lowest BCUT2D eigenvalue weighted by Crippen LogP contribution is -2.53. The molecule has 294 valence electrons. The SMILES string of the molecule is CCOC(=O)CC(=O)[C@H]1CCN(C(=O)O)[C@](C)(c2ccc(C(F)(F)F)cc2)C1.COC(=O)N1CC[C@H](c2cc(=O)[nH]o2)C[C@H]1c1ccc(C(F)(F)F)cc1. The van der Waals surface area contributed by atoms with Gasteiger partial charge in [-0.05, 0) is 74.9 Å². The van der Waals surface area contributed by atoms with Gasteiger partial charge in [0.25, 0.3) is 5.56 Å². The molecule has 1 aromatic heterocycles. The first-order valence-electron chi connectivity index (χ1n) is 16.8. The Labute approximate surface area is 305 Å². The van der Waals surface area contributed by atoms with Crippen LogP contribution in [-0.2, 0) is 37.0 Å². The number of carbonyl (C=O) groups excluding carboxylic acids is 3. The average Bonchev–Trinajstić information content (AvgIpc) is 3.56. The van der Waals surface area contributed by atoms with Crippen LogP contribution in [0, 0.1) is 5.92 Å². The van der Waals surface area contributed by atoms with Gasteiger partial charge in [-0.3, -0.25) is 19.3 Å². The molecule has 0 radical (unpaired) electrons. The lowest BCUT2D eigenvalue weighted by atomic mass is 9.75. The second-order valence-electron chi connectivity index (χ2n) is 13.1. The van der Waals surface area contributed by atoms with Gasteiger partial charge in [-0.15, -0.1) is 0 Å². The van der Waals surface area contributed by atoms with E-state index in [4.69, 9.17) is 14.0 Å². The number of ketones is 1. The van der Waals surface area contributed by atoms with Crippen molar-refractivity contribution >= 4 is 23.9 Å². The molecule has 0 spiro atoms. The first-order valence-corrected chi connectivity index (χ1v) is 16.8. The minimum absolute atomic E-state index is 0.0338. The summed E-state index contributed by atoms with van der Waals surface area (Å²) in [4.78, 5) is 61.7. The number of halogens is 6. The normalized spacial score (nSPS) is 21.8. The van der Waals surface area contributed by atoms with E-state index in [2.05, 4.69) is 5.16 Å². The van der Waals surface area contributed by atoms with E-state index in [-0.39, 0.29) is 43.3 Å². The van der Waals surface area contributed by atoms with Gasteiger partial charge >= 0.3 is 30.5 Å². The third kappa shape index (κ3) is 9.82. The van der Waals surface area contributed by atoms with Crippen LogP contribution in [0.2, 0.25) is 0 Å². The summed E-state index contributed by atoms with van der Waals surface area (Å²) < 4.78 is 91.5. The number of methoxy groups -OCH3 is 1. The predicted molar refractivity (Wildman–Crippen MR) is 177 cm³/mol. The number of H-pyrrole nitrogens is 1. The molecule has 5 rings (SSSR count). The van der Waals surface area contributed by atoms with Crippen LogP contribution in [0.25, 0.3) is 0 Å². The Balaban J connectivity index is 0.000000241. The quantitative estimate of drug-likeness (QED) is 0.141. The Kier molecular flexibility index (Phi) is 12.9. The van der Waals surface area contributed by atoms with E-state index in [0.29, 0.717) is 36.3 Å². The molecule has 2 saturated heterocycles. The maximum absolute atomic E-state index is 12.8. The number of rotatable bonds is 7. The van der Waals surface area contributed by atoms with Crippen LogP contribution >= 0.6 is 0 Å². The largest absolute Gasteiger partial charge is 0.466 e. The van der Waals surface area contributed by atoms with E-state index in [1.165, 1.54) is 42.3 Å². The van der Waals surface area contributed by atoms with E-state index in [1.54, 1.807) is 13.8 Å². The number of piperidine rings is 2. The minimum Gasteiger partial charge on any atom is -0.466 e. The molecular formula is C36H39F6N3O9. The fraction of sp³-hybridized carbons (Fsp3) is 0.472. The Hall–Kier alpha value is -5.29. The standard InChI is InChI=1S/C19H22F3NO5.C17H17F3N2O4/c1-3-28-16(25)10-15(24)12-8-9-23(17(26)27)18(2,11-12)13-4-6-14(7-5-13)19(20,21)22;1-25-16(24)22-7-6-11(14-9-15(23)21-26-14)8-13(22)10-2-4-12(5-3-10)17(18,19)20/h4-7,12H,3,8-11H2,1-2H3,(H,26,27);2-5,9,11,13H,6-8H2,1H3,(H,21,23)/t12-,18-;11-,13-/m00/s1. The summed E-state index contributed by atoms with van der Waals surface area (Å²) in [6.45, 7) is 3.71. The number of nitrogens with zero attached hydrogens (tertiary/aromatic N) is 2. The molecule has 0 bridgehead atoms. The zero-order chi connectivity index (χ0) is 40.0. The Morgan fingerprint density at radius 3 is 2.04 bits per heavy atom. The summed E-state index contributed by atoms with van der Waals surface area (Å²) >= 11 is 0. The molecule has 2 fully saturated rings. The van der Waals surface area contributed by atoms with Gasteiger partial charge in [0, 0.05) is 31.0 Å². The summed E-state index contributed by atoms with van der Waals surface area (Å²) in [5.41, 5.74) is -2.23. The highest BCUT2D eigenvalue weighted by Crippen LogP contribution is 2.43. The molecule has 3 aromatic rings. The molecule has 2 aliphatic heterocycles. The molecule has 2 N–H and O–H groups in total. The summed E-state index contributed by atoms with van der Waals surface area (Å²) in [6, 6.07) is 9.82. The third-order valence-corrected chi connectivity index (χ3v) is 9.66. The van der Waals surface area contributed by atoms with E-state index < -0.39 is 65.6 Å². The lowest BCUT2D eigenvalue weighted by Gasteiger charge is -2.46. The van der Waals surface area contributed by atoms with Crippen molar-refractivity contribution in [1.29, 1.82) is 0 Å². The lowest BCUT2D eigenvalue weighted by molar-refractivity contribution is -0.147. The number of Topliss-reactive ketones (excluding diaryl/α,β-unsaturated/α-hetero) is 1. The second-order valence-corrected chi connectivity index (χ2v) is 13.1. The molecule has 0 aliphatic carbocycles. The summed E-state index contributed by atoms with van der Waals surface area (Å²) in [7, 11) is 1.25. The Morgan fingerprint density at radius 1 is 0.944 bits per heavy atom. The van der Waals surface area contributed by atoms with E-state index in [1.807, 2.05) is 0 Å². The van der Waals surface area contributed by atoms with Gasteiger partial charge in [0.15, 0.2) is 0 Å². The van der Waals surface area contributed by atoms with Gasteiger partial charge in [-0.1, -0.05) is 24.3 Å². The minimum atomic E-state index is -4.50. The van der Waals surface area contributed by atoms with Crippen molar-refractivity contribution in [3.63, 3.8) is 0 Å². The van der Waals surface area contributed by atoms with Crippen LogP contribution in [0.3, 0.4) is 0 Å². The molecule has 0 saturated carbocycles. The zero-order valence-electron chi connectivity index (χ0n) is 29.5. The van der Waals surface area contributed by atoms with Crippen LogP contribution in [0.5, 0.6) is 0 Å². The van der Waals surface area contributed by atoms with Gasteiger partial charge in [-0.2, -0.15) is 31.5 Å². The van der Waals surface area contributed by atoms with Gasteiger partial charge < -0.3 is 24.0 Å². The highest BCUT2D eigenvalue weighted by atomic mass is 19.4.